The SMILES string of the molecule is COc1cc(OC)nc(Oc2cccc(C(=O)OC(=O)CCCN)c2)n1.O=C(O)c1cc([N+](=O)[O-])ccc1[N+](=O)[O-]. The molecule has 0 unspecified atom stereocenters. The summed E-state index contributed by atoms with van der Waals surface area (Å²) >= 11 is 0. The van der Waals surface area contributed by atoms with Crippen molar-refractivity contribution < 1.29 is 48.3 Å². The highest BCUT2D eigenvalue weighted by Gasteiger charge is 2.23. The lowest BCUT2D eigenvalue weighted by Crippen LogP contribution is -2.14. The van der Waals surface area contributed by atoms with Crippen LogP contribution in [-0.4, -0.2) is 63.6 Å². The Bertz CT molecular complexity index is 1420. The smallest absolute Gasteiger partial charge is 0.345 e. The minimum atomic E-state index is -1.58. The molecule has 3 aromatic rings. The molecular formula is C24H23N5O12. The number of nitro benzene ring substituents is 2. The minimum absolute atomic E-state index is 0.0225. The number of nitro groups is 2. The first kappa shape index (κ1) is 31.5. The summed E-state index contributed by atoms with van der Waals surface area (Å²) in [4.78, 5) is 61.1. The van der Waals surface area contributed by atoms with E-state index in [0.717, 1.165) is 12.1 Å². The van der Waals surface area contributed by atoms with Gasteiger partial charge in [0.05, 0.1) is 35.7 Å². The number of benzene rings is 2. The Balaban J connectivity index is 0.000000333. The Labute approximate surface area is 230 Å². The average Bonchev–Trinajstić information content (AvgIpc) is 2.95. The maximum absolute atomic E-state index is 12.0. The fraction of sp³-hybridized carbons (Fsp3) is 0.208. The molecular weight excluding hydrogens is 550 g/mol. The average molecular weight is 573 g/mol. The molecule has 0 spiro atoms. The molecule has 41 heavy (non-hydrogen) atoms. The quantitative estimate of drug-likeness (QED) is 0.145. The second-order valence-electron chi connectivity index (χ2n) is 7.54. The van der Waals surface area contributed by atoms with Gasteiger partial charge in [-0.25, -0.2) is 9.59 Å². The van der Waals surface area contributed by atoms with Gasteiger partial charge < -0.3 is 29.8 Å². The van der Waals surface area contributed by atoms with Gasteiger partial charge in [-0.2, -0.15) is 9.97 Å². The summed E-state index contributed by atoms with van der Waals surface area (Å²) < 4.78 is 20.4. The molecule has 0 aliphatic rings. The van der Waals surface area contributed by atoms with E-state index in [0.29, 0.717) is 19.0 Å². The molecule has 0 aliphatic carbocycles. The maximum atomic E-state index is 12.0. The van der Waals surface area contributed by atoms with Crippen LogP contribution in [0.3, 0.4) is 0 Å². The van der Waals surface area contributed by atoms with Crippen molar-refractivity contribution >= 4 is 29.3 Å². The van der Waals surface area contributed by atoms with Crippen LogP contribution >= 0.6 is 0 Å². The van der Waals surface area contributed by atoms with Gasteiger partial charge >= 0.3 is 23.9 Å². The van der Waals surface area contributed by atoms with E-state index in [4.69, 9.17) is 29.8 Å². The number of carbonyl (C=O) groups excluding carboxylic acids is 2. The molecule has 0 saturated carbocycles. The number of ether oxygens (including phenoxy) is 4. The molecule has 17 heteroatoms. The molecule has 216 valence electrons. The number of aromatic nitrogens is 2. The molecule has 17 nitrogen and oxygen atoms in total. The third-order valence-corrected chi connectivity index (χ3v) is 4.77. The standard InChI is InChI=1S/C17H19N3O6.C7H4N2O6/c1-23-13-10-14(24-2)20-17(19-13)25-12-6-3-5-11(9-12)16(22)26-15(21)7-4-8-18;10-7(11)5-3-4(8(12)13)1-2-6(5)9(14)15/h3,5-6,9-10H,4,7-8,18H2,1-2H3;1-3H,(H,10,11). The molecule has 2 aromatic carbocycles. The number of carbonyl (C=O) groups is 3. The summed E-state index contributed by atoms with van der Waals surface area (Å²) in [5, 5.41) is 29.3. The summed E-state index contributed by atoms with van der Waals surface area (Å²) in [6.07, 6.45) is 0.528. The van der Waals surface area contributed by atoms with Crippen LogP contribution in [0.2, 0.25) is 0 Å². The zero-order valence-corrected chi connectivity index (χ0v) is 21.5. The van der Waals surface area contributed by atoms with E-state index in [1.807, 2.05) is 0 Å². The lowest BCUT2D eigenvalue weighted by molar-refractivity contribution is -0.389. The van der Waals surface area contributed by atoms with Crippen molar-refractivity contribution in [3.05, 3.63) is 79.9 Å². The fourth-order valence-electron chi connectivity index (χ4n) is 2.86. The molecule has 0 bridgehead atoms. The Morgan fingerprint density at radius 1 is 0.951 bits per heavy atom. The van der Waals surface area contributed by atoms with Crippen LogP contribution in [-0.2, 0) is 9.53 Å². The van der Waals surface area contributed by atoms with Crippen molar-refractivity contribution in [1.82, 2.24) is 9.97 Å². The van der Waals surface area contributed by atoms with Crippen molar-refractivity contribution in [2.75, 3.05) is 20.8 Å². The number of nitrogens with two attached hydrogens (primary N) is 1. The number of carboxylic acid groups (broad SMARTS) is 1. The molecule has 1 aromatic heterocycles. The highest BCUT2D eigenvalue weighted by Crippen LogP contribution is 2.25. The first-order valence-corrected chi connectivity index (χ1v) is 11.3. The number of methoxy groups -OCH3 is 2. The Morgan fingerprint density at radius 3 is 2.15 bits per heavy atom. The molecule has 0 fully saturated rings. The lowest BCUT2D eigenvalue weighted by atomic mass is 10.1. The summed E-state index contributed by atoms with van der Waals surface area (Å²) in [5.74, 6) is -2.19. The summed E-state index contributed by atoms with van der Waals surface area (Å²) in [6.45, 7) is 0.344. The zero-order chi connectivity index (χ0) is 30.5. The first-order valence-electron chi connectivity index (χ1n) is 11.3. The first-order chi connectivity index (χ1) is 19.5. The maximum Gasteiger partial charge on any atom is 0.345 e. The highest BCUT2D eigenvalue weighted by molar-refractivity contribution is 5.97. The monoisotopic (exact) mass is 573 g/mol. The second-order valence-corrected chi connectivity index (χ2v) is 7.54. The molecule has 3 N–H and O–H groups in total. The van der Waals surface area contributed by atoms with Crippen molar-refractivity contribution in [1.29, 1.82) is 0 Å². The van der Waals surface area contributed by atoms with Crippen molar-refractivity contribution in [3.8, 4) is 23.5 Å². The molecule has 0 saturated heterocycles. The summed E-state index contributed by atoms with van der Waals surface area (Å²) in [7, 11) is 2.90. The Morgan fingerprint density at radius 2 is 1.61 bits per heavy atom. The fourth-order valence-corrected chi connectivity index (χ4v) is 2.86. The van der Waals surface area contributed by atoms with Gasteiger partial charge in [0.2, 0.25) is 11.8 Å². The highest BCUT2D eigenvalue weighted by atomic mass is 16.6. The zero-order valence-electron chi connectivity index (χ0n) is 21.5. The van der Waals surface area contributed by atoms with Gasteiger partial charge in [0.25, 0.3) is 11.4 Å². The van der Waals surface area contributed by atoms with Gasteiger partial charge in [-0.15, -0.1) is 0 Å². The van der Waals surface area contributed by atoms with Crippen LogP contribution in [0, 0.1) is 20.2 Å². The normalized spacial score (nSPS) is 9.93. The number of esters is 2. The van der Waals surface area contributed by atoms with Crippen molar-refractivity contribution in [2.45, 2.75) is 12.8 Å². The summed E-state index contributed by atoms with van der Waals surface area (Å²) in [6, 6.07) is 9.88. The molecule has 0 amide bonds. The predicted molar refractivity (Wildman–Crippen MR) is 137 cm³/mol. The second kappa shape index (κ2) is 15.0. The van der Waals surface area contributed by atoms with E-state index in [1.165, 1.54) is 32.4 Å². The van der Waals surface area contributed by atoms with Crippen LogP contribution in [0.1, 0.15) is 33.6 Å². The molecule has 3 rings (SSSR count). The van der Waals surface area contributed by atoms with Gasteiger partial charge in [0.15, 0.2) is 0 Å². The predicted octanol–water partition coefficient (Wildman–Crippen LogP) is 2.91. The third-order valence-electron chi connectivity index (χ3n) is 4.77. The Hall–Kier alpha value is -5.71. The topological polar surface area (TPSA) is 246 Å². The van der Waals surface area contributed by atoms with E-state index in [2.05, 4.69) is 9.97 Å². The van der Waals surface area contributed by atoms with Gasteiger partial charge in [0.1, 0.15) is 11.3 Å². The van der Waals surface area contributed by atoms with Crippen LogP contribution in [0.5, 0.6) is 23.5 Å². The summed E-state index contributed by atoms with van der Waals surface area (Å²) in [5.41, 5.74) is 3.59. The molecule has 0 atom stereocenters. The molecule has 0 radical (unpaired) electrons. The number of carboxylic acids is 1. The van der Waals surface area contributed by atoms with Gasteiger partial charge in [-0.1, -0.05) is 6.07 Å². The van der Waals surface area contributed by atoms with E-state index in [1.54, 1.807) is 12.1 Å². The van der Waals surface area contributed by atoms with Gasteiger partial charge in [-0.3, -0.25) is 25.0 Å². The number of hydrogen-bond donors (Lipinski definition) is 2. The van der Waals surface area contributed by atoms with E-state index >= 15 is 0 Å². The number of aromatic carboxylic acids is 1. The molecule has 0 aliphatic heterocycles. The van der Waals surface area contributed by atoms with E-state index in [-0.39, 0.29) is 35.5 Å². The lowest BCUT2D eigenvalue weighted by Gasteiger charge is -2.08. The van der Waals surface area contributed by atoms with Crippen molar-refractivity contribution in [3.63, 3.8) is 0 Å². The molecule has 1 heterocycles. The van der Waals surface area contributed by atoms with Gasteiger partial charge in [0, 0.05) is 24.6 Å². The van der Waals surface area contributed by atoms with Crippen LogP contribution < -0.4 is 19.9 Å². The number of rotatable bonds is 11. The minimum Gasteiger partial charge on any atom is -0.481 e. The van der Waals surface area contributed by atoms with Crippen LogP contribution in [0.25, 0.3) is 0 Å². The third kappa shape index (κ3) is 9.52. The largest absolute Gasteiger partial charge is 0.481 e. The number of non-ortho nitro benzene ring substituents is 1. The van der Waals surface area contributed by atoms with Crippen LogP contribution in [0.4, 0.5) is 11.4 Å². The van der Waals surface area contributed by atoms with Gasteiger partial charge in [-0.05, 0) is 31.2 Å². The number of nitrogens with zero attached hydrogens (tertiary/aromatic N) is 4. The van der Waals surface area contributed by atoms with Crippen molar-refractivity contribution in [2.24, 2.45) is 5.73 Å². The van der Waals surface area contributed by atoms with E-state index < -0.39 is 44.7 Å². The number of hydrogen-bond acceptors (Lipinski definition) is 14. The Kier molecular flexibility index (Phi) is 11.5. The van der Waals surface area contributed by atoms with Crippen LogP contribution in [0.15, 0.2) is 48.5 Å². The van der Waals surface area contributed by atoms with E-state index in [9.17, 15) is 34.6 Å².